The zero-order valence-corrected chi connectivity index (χ0v) is 11.7. The van der Waals surface area contributed by atoms with E-state index in [2.05, 4.69) is 20.9 Å². The van der Waals surface area contributed by atoms with Gasteiger partial charge in [0, 0.05) is 16.2 Å². The molecule has 3 rings (SSSR count). The topological polar surface area (TPSA) is 25.4 Å². The number of hydrogen-bond donors (Lipinski definition) is 0. The highest BCUT2D eigenvalue weighted by Crippen LogP contribution is 2.56. The summed E-state index contributed by atoms with van der Waals surface area (Å²) in [5, 5.41) is 0. The van der Waals surface area contributed by atoms with E-state index in [1.165, 1.54) is 36.5 Å². The maximum Gasteiger partial charge on any atom is 0.324 e. The molecule has 0 aliphatic carbocycles. The van der Waals surface area contributed by atoms with Crippen LogP contribution in [0.3, 0.4) is 0 Å². The van der Waals surface area contributed by atoms with Gasteiger partial charge in [0.15, 0.2) is 5.60 Å². The van der Waals surface area contributed by atoms with Crippen LogP contribution in [0.25, 0.3) is 0 Å². The summed E-state index contributed by atoms with van der Waals surface area (Å²) in [6.07, 6.45) is 1.28. The number of pyridine rings is 1. The fourth-order valence-electron chi connectivity index (χ4n) is 2.14. The molecular weight excluding hydrogens is 335 g/mol. The van der Waals surface area contributed by atoms with Gasteiger partial charge in [-0.3, -0.25) is 4.98 Å². The van der Waals surface area contributed by atoms with Crippen LogP contribution in [0.1, 0.15) is 11.3 Å². The van der Waals surface area contributed by atoms with Crippen LogP contribution in [0.4, 0.5) is 13.2 Å². The van der Waals surface area contributed by atoms with Crippen molar-refractivity contribution in [2.45, 2.75) is 11.5 Å². The second-order valence-electron chi connectivity index (χ2n) is 4.53. The summed E-state index contributed by atoms with van der Waals surface area (Å²) in [5.74, 6) is -4.11. The Hall–Kier alpha value is -1.40. The van der Waals surface area contributed by atoms with Gasteiger partial charge in [-0.15, -0.1) is 0 Å². The molecule has 0 saturated carbocycles. The van der Waals surface area contributed by atoms with Crippen molar-refractivity contribution in [3.05, 3.63) is 64.1 Å². The molecule has 0 N–H and O–H groups in total. The van der Waals surface area contributed by atoms with Gasteiger partial charge < -0.3 is 4.74 Å². The first-order chi connectivity index (χ1) is 9.47. The largest absolute Gasteiger partial charge is 0.357 e. The van der Waals surface area contributed by atoms with Crippen molar-refractivity contribution in [3.63, 3.8) is 0 Å². The number of halogens is 4. The van der Waals surface area contributed by atoms with E-state index in [1.54, 1.807) is 0 Å². The molecule has 1 atom stereocenters. The van der Waals surface area contributed by atoms with Gasteiger partial charge >= 0.3 is 5.92 Å². The zero-order valence-electron chi connectivity index (χ0n) is 10.1. The molecule has 1 fully saturated rings. The van der Waals surface area contributed by atoms with Gasteiger partial charge in [0.25, 0.3) is 0 Å². The number of epoxide rings is 1. The lowest BCUT2D eigenvalue weighted by Gasteiger charge is -2.24. The number of ether oxygens (including phenoxy) is 1. The summed E-state index contributed by atoms with van der Waals surface area (Å²) in [6, 6.07) is 8.08. The van der Waals surface area contributed by atoms with E-state index in [9.17, 15) is 13.2 Å². The van der Waals surface area contributed by atoms with Gasteiger partial charge in [-0.1, -0.05) is 18.2 Å². The Balaban J connectivity index is 2.07. The first-order valence-electron chi connectivity index (χ1n) is 5.86. The third-order valence-corrected chi connectivity index (χ3v) is 3.77. The van der Waals surface area contributed by atoms with E-state index in [0.29, 0.717) is 4.47 Å². The molecule has 1 aromatic heterocycles. The molecule has 1 saturated heterocycles. The first kappa shape index (κ1) is 13.6. The van der Waals surface area contributed by atoms with Gasteiger partial charge in [0.1, 0.15) is 11.5 Å². The summed E-state index contributed by atoms with van der Waals surface area (Å²) in [5.41, 5.74) is -2.55. The Morgan fingerprint density at radius 1 is 1.20 bits per heavy atom. The molecule has 0 spiro atoms. The van der Waals surface area contributed by atoms with Crippen LogP contribution in [0.5, 0.6) is 0 Å². The summed E-state index contributed by atoms with van der Waals surface area (Å²) in [6.45, 7) is -0.237. The van der Waals surface area contributed by atoms with E-state index in [-0.39, 0.29) is 12.2 Å². The predicted octanol–water partition coefficient (Wildman–Crippen LogP) is 4.00. The minimum Gasteiger partial charge on any atom is -0.357 e. The third kappa shape index (κ3) is 1.94. The number of alkyl halides is 2. The van der Waals surface area contributed by atoms with Gasteiger partial charge in [-0.2, -0.15) is 8.78 Å². The molecule has 20 heavy (non-hydrogen) atoms. The van der Waals surface area contributed by atoms with Crippen LogP contribution >= 0.6 is 15.9 Å². The Labute approximate surface area is 121 Å². The molecular formula is C14H9BrF3NO. The lowest BCUT2D eigenvalue weighted by Crippen LogP contribution is -2.34. The van der Waals surface area contributed by atoms with Gasteiger partial charge in [0.05, 0.1) is 6.61 Å². The van der Waals surface area contributed by atoms with Crippen molar-refractivity contribution >= 4 is 15.9 Å². The molecule has 0 amide bonds. The molecule has 1 aliphatic rings. The average Bonchev–Trinajstić information content (AvgIpc) is 3.21. The van der Waals surface area contributed by atoms with Crippen LogP contribution in [-0.2, 0) is 16.3 Å². The van der Waals surface area contributed by atoms with E-state index in [1.807, 2.05) is 0 Å². The number of rotatable bonds is 3. The number of benzene rings is 1. The van der Waals surface area contributed by atoms with Crippen molar-refractivity contribution in [2.75, 3.05) is 6.61 Å². The summed E-state index contributed by atoms with van der Waals surface area (Å²) in [4.78, 5) is 3.71. The highest BCUT2D eigenvalue weighted by atomic mass is 79.9. The van der Waals surface area contributed by atoms with Crippen LogP contribution < -0.4 is 0 Å². The number of nitrogens with zero attached hydrogens (tertiary/aromatic N) is 1. The van der Waals surface area contributed by atoms with Crippen LogP contribution in [0.15, 0.2) is 47.1 Å². The molecule has 2 nitrogen and oxygen atoms in total. The summed E-state index contributed by atoms with van der Waals surface area (Å²) >= 11 is 3.14. The molecule has 1 aromatic carbocycles. The monoisotopic (exact) mass is 343 g/mol. The van der Waals surface area contributed by atoms with Gasteiger partial charge in [0.2, 0.25) is 0 Å². The molecule has 0 radical (unpaired) electrons. The van der Waals surface area contributed by atoms with Crippen molar-refractivity contribution in [3.8, 4) is 0 Å². The molecule has 2 aromatic rings. The van der Waals surface area contributed by atoms with E-state index < -0.39 is 23.0 Å². The third-order valence-electron chi connectivity index (χ3n) is 3.30. The summed E-state index contributed by atoms with van der Waals surface area (Å²) < 4.78 is 48.6. The SMILES string of the molecule is Fc1ccccc1C1(C(F)(F)c2ccc(Br)cn2)CO1. The Kier molecular flexibility index (Phi) is 3.10. The maximum absolute atomic E-state index is 14.6. The molecule has 0 bridgehead atoms. The lowest BCUT2D eigenvalue weighted by atomic mass is 9.90. The number of hydrogen-bond acceptors (Lipinski definition) is 2. The number of aromatic nitrogens is 1. The van der Waals surface area contributed by atoms with E-state index in [0.717, 1.165) is 6.07 Å². The quantitative estimate of drug-likeness (QED) is 0.787. The van der Waals surface area contributed by atoms with Crippen molar-refractivity contribution in [2.24, 2.45) is 0 Å². The average molecular weight is 344 g/mol. The first-order valence-corrected chi connectivity index (χ1v) is 6.65. The Morgan fingerprint density at radius 2 is 1.90 bits per heavy atom. The molecule has 2 heterocycles. The standard InChI is InChI=1S/C14H9BrF3NO/c15-9-5-6-12(19-7-9)14(17,18)13(8-20-13)10-3-1-2-4-11(10)16/h1-7H,8H2. The van der Waals surface area contributed by atoms with Crippen molar-refractivity contribution < 1.29 is 17.9 Å². The normalized spacial score (nSPS) is 21.8. The molecule has 1 aliphatic heterocycles. The van der Waals surface area contributed by atoms with Crippen molar-refractivity contribution in [1.82, 2.24) is 4.98 Å². The fraction of sp³-hybridized carbons (Fsp3) is 0.214. The minimum absolute atomic E-state index is 0.144. The second-order valence-corrected chi connectivity index (χ2v) is 5.45. The highest BCUT2D eigenvalue weighted by molar-refractivity contribution is 9.10. The smallest absolute Gasteiger partial charge is 0.324 e. The van der Waals surface area contributed by atoms with Gasteiger partial charge in [-0.25, -0.2) is 4.39 Å². The molecule has 6 heteroatoms. The summed E-state index contributed by atoms with van der Waals surface area (Å²) in [7, 11) is 0. The van der Waals surface area contributed by atoms with Crippen LogP contribution in [-0.4, -0.2) is 11.6 Å². The Bertz CT molecular complexity index is 641. The second kappa shape index (κ2) is 4.56. The maximum atomic E-state index is 14.6. The van der Waals surface area contributed by atoms with Crippen LogP contribution in [0.2, 0.25) is 0 Å². The minimum atomic E-state index is -3.41. The zero-order chi connectivity index (χ0) is 14.4. The predicted molar refractivity (Wildman–Crippen MR) is 69.9 cm³/mol. The van der Waals surface area contributed by atoms with Gasteiger partial charge in [-0.05, 0) is 34.1 Å². The lowest BCUT2D eigenvalue weighted by molar-refractivity contribution is -0.0901. The molecule has 104 valence electrons. The molecule has 1 unspecified atom stereocenters. The van der Waals surface area contributed by atoms with E-state index in [4.69, 9.17) is 4.74 Å². The van der Waals surface area contributed by atoms with Crippen molar-refractivity contribution in [1.29, 1.82) is 0 Å². The van der Waals surface area contributed by atoms with E-state index >= 15 is 0 Å². The fourth-order valence-corrected chi connectivity index (χ4v) is 2.37. The highest BCUT2D eigenvalue weighted by Gasteiger charge is 2.68. The van der Waals surface area contributed by atoms with Crippen LogP contribution in [0, 0.1) is 5.82 Å². The Morgan fingerprint density at radius 3 is 2.45 bits per heavy atom.